The van der Waals surface area contributed by atoms with Crippen molar-refractivity contribution in [3.05, 3.63) is 53.7 Å². The maximum atomic E-state index is 10.7. The molecule has 0 saturated heterocycles. The van der Waals surface area contributed by atoms with Gasteiger partial charge in [-0.15, -0.1) is 0 Å². The Balaban J connectivity index is 1.93. The number of hydrogen-bond acceptors (Lipinski definition) is 4. The normalized spacial score (nSPS) is 12.3. The van der Waals surface area contributed by atoms with Crippen LogP contribution in [0.25, 0.3) is 0 Å². The zero-order valence-corrected chi connectivity index (χ0v) is 9.96. The van der Waals surface area contributed by atoms with E-state index < -0.39 is 5.97 Å². The molecule has 2 aromatic rings. The summed E-state index contributed by atoms with van der Waals surface area (Å²) in [6, 6.07) is 5.53. The zero-order valence-electron chi connectivity index (χ0n) is 9.96. The molecule has 94 valence electrons. The second-order valence-corrected chi connectivity index (χ2v) is 3.99. The second kappa shape index (κ2) is 5.46. The summed E-state index contributed by atoms with van der Waals surface area (Å²) in [7, 11) is 0. The lowest BCUT2D eigenvalue weighted by Crippen LogP contribution is -2.17. The number of rotatable bonds is 5. The molecular formula is C13H14N2O3. The van der Waals surface area contributed by atoms with Gasteiger partial charge in [-0.3, -0.25) is 4.98 Å². The first-order valence-corrected chi connectivity index (χ1v) is 5.61. The van der Waals surface area contributed by atoms with E-state index in [1.165, 1.54) is 12.3 Å². The van der Waals surface area contributed by atoms with Gasteiger partial charge in [0, 0.05) is 18.4 Å². The second-order valence-electron chi connectivity index (χ2n) is 3.99. The van der Waals surface area contributed by atoms with Gasteiger partial charge in [0.15, 0.2) is 0 Å². The Hall–Kier alpha value is -2.14. The Morgan fingerprint density at radius 1 is 1.50 bits per heavy atom. The van der Waals surface area contributed by atoms with Gasteiger partial charge in [-0.1, -0.05) is 0 Å². The van der Waals surface area contributed by atoms with Crippen LogP contribution in [0.3, 0.4) is 0 Å². The van der Waals surface area contributed by atoms with Crippen molar-refractivity contribution in [1.29, 1.82) is 0 Å². The number of carbonyl (C=O) groups is 1. The topological polar surface area (TPSA) is 75.4 Å². The van der Waals surface area contributed by atoms with Crippen LogP contribution in [-0.4, -0.2) is 16.1 Å². The third kappa shape index (κ3) is 2.95. The van der Waals surface area contributed by atoms with Crippen LogP contribution < -0.4 is 5.32 Å². The van der Waals surface area contributed by atoms with Crippen molar-refractivity contribution in [3.8, 4) is 0 Å². The number of aromatic nitrogens is 1. The molecule has 0 aliphatic carbocycles. The minimum atomic E-state index is -0.979. The van der Waals surface area contributed by atoms with Gasteiger partial charge in [0.2, 0.25) is 0 Å². The highest BCUT2D eigenvalue weighted by Gasteiger charge is 2.09. The first-order chi connectivity index (χ1) is 8.66. The van der Waals surface area contributed by atoms with E-state index in [1.54, 1.807) is 12.4 Å². The summed E-state index contributed by atoms with van der Waals surface area (Å²) in [6.45, 7) is 2.51. The fraction of sp³-hybridized carbons (Fsp3) is 0.231. The van der Waals surface area contributed by atoms with Gasteiger partial charge in [-0.05, 0) is 30.7 Å². The average molecular weight is 246 g/mol. The van der Waals surface area contributed by atoms with Crippen LogP contribution >= 0.6 is 0 Å². The summed E-state index contributed by atoms with van der Waals surface area (Å²) < 4.78 is 5.16. The molecule has 1 atom stereocenters. The smallest absolute Gasteiger partial charge is 0.338 e. The molecule has 0 amide bonds. The Kier molecular flexibility index (Phi) is 3.74. The molecule has 0 aromatic carbocycles. The molecule has 18 heavy (non-hydrogen) atoms. The van der Waals surface area contributed by atoms with E-state index in [0.717, 1.165) is 5.56 Å². The molecule has 2 rings (SSSR count). The van der Waals surface area contributed by atoms with E-state index in [-0.39, 0.29) is 11.6 Å². The van der Waals surface area contributed by atoms with Gasteiger partial charge in [-0.25, -0.2) is 4.79 Å². The van der Waals surface area contributed by atoms with Crippen molar-refractivity contribution >= 4 is 5.97 Å². The fourth-order valence-electron chi connectivity index (χ4n) is 1.61. The van der Waals surface area contributed by atoms with E-state index in [9.17, 15) is 4.79 Å². The number of aromatic carboxylic acids is 1. The van der Waals surface area contributed by atoms with E-state index >= 15 is 0 Å². The molecule has 2 aromatic heterocycles. The molecule has 0 fully saturated rings. The van der Waals surface area contributed by atoms with Crippen LogP contribution in [0.15, 0.2) is 41.3 Å². The minimum absolute atomic E-state index is 0.145. The average Bonchev–Trinajstić information content (AvgIpc) is 2.86. The summed E-state index contributed by atoms with van der Waals surface area (Å²) in [6.07, 6.45) is 4.72. The number of nitrogens with one attached hydrogen (secondary N) is 1. The molecule has 5 nitrogen and oxygen atoms in total. The zero-order chi connectivity index (χ0) is 13.0. The predicted octanol–water partition coefficient (Wildman–Crippen LogP) is 2.22. The van der Waals surface area contributed by atoms with Crippen LogP contribution in [0.2, 0.25) is 0 Å². The van der Waals surface area contributed by atoms with Crippen LogP contribution in [0.1, 0.15) is 34.6 Å². The lowest BCUT2D eigenvalue weighted by molar-refractivity contribution is 0.0696. The molecule has 5 heteroatoms. The lowest BCUT2D eigenvalue weighted by atomic mass is 10.1. The van der Waals surface area contributed by atoms with Gasteiger partial charge in [-0.2, -0.15) is 0 Å². The van der Waals surface area contributed by atoms with Crippen molar-refractivity contribution in [1.82, 2.24) is 10.3 Å². The Morgan fingerprint density at radius 2 is 2.22 bits per heavy atom. The van der Waals surface area contributed by atoms with Gasteiger partial charge < -0.3 is 14.8 Å². The summed E-state index contributed by atoms with van der Waals surface area (Å²) in [5.74, 6) is -0.375. The SMILES string of the molecule is C[C@H](NCc1cc(C(=O)O)co1)c1ccncc1. The van der Waals surface area contributed by atoms with Gasteiger partial charge in [0.1, 0.15) is 12.0 Å². The molecule has 0 aliphatic heterocycles. The van der Waals surface area contributed by atoms with Crippen molar-refractivity contribution in [2.45, 2.75) is 19.5 Å². The Labute approximate surface area is 104 Å². The standard InChI is InChI=1S/C13H14N2O3/c1-9(10-2-4-14-5-3-10)15-7-12-6-11(8-18-12)13(16)17/h2-6,8-9,15H,7H2,1H3,(H,16,17)/t9-/m0/s1. The first-order valence-electron chi connectivity index (χ1n) is 5.61. The maximum Gasteiger partial charge on any atom is 0.338 e. The Morgan fingerprint density at radius 3 is 2.83 bits per heavy atom. The number of pyridine rings is 1. The molecule has 0 aliphatic rings. The molecule has 2 heterocycles. The number of nitrogens with zero attached hydrogens (tertiary/aromatic N) is 1. The third-order valence-electron chi connectivity index (χ3n) is 2.69. The van der Waals surface area contributed by atoms with Gasteiger partial charge >= 0.3 is 5.97 Å². The maximum absolute atomic E-state index is 10.7. The number of carboxylic acids is 1. The first kappa shape index (κ1) is 12.3. The van der Waals surface area contributed by atoms with Gasteiger partial charge in [0.25, 0.3) is 0 Å². The highest BCUT2D eigenvalue weighted by atomic mass is 16.4. The van der Waals surface area contributed by atoms with Crippen LogP contribution in [0.4, 0.5) is 0 Å². The molecule has 0 spiro atoms. The quantitative estimate of drug-likeness (QED) is 0.846. The number of hydrogen-bond donors (Lipinski definition) is 2. The highest BCUT2D eigenvalue weighted by molar-refractivity contribution is 5.87. The number of carboxylic acid groups (broad SMARTS) is 1. The van der Waals surface area contributed by atoms with E-state index in [4.69, 9.17) is 9.52 Å². The molecule has 2 N–H and O–H groups in total. The van der Waals surface area contributed by atoms with E-state index in [0.29, 0.717) is 12.3 Å². The molecule has 0 radical (unpaired) electrons. The summed E-state index contributed by atoms with van der Waals surface area (Å²) in [5.41, 5.74) is 1.29. The lowest BCUT2D eigenvalue weighted by Gasteiger charge is -2.12. The summed E-state index contributed by atoms with van der Waals surface area (Å²) in [5, 5.41) is 12.0. The predicted molar refractivity (Wildman–Crippen MR) is 65.2 cm³/mol. The van der Waals surface area contributed by atoms with Crippen LogP contribution in [0.5, 0.6) is 0 Å². The van der Waals surface area contributed by atoms with Crippen LogP contribution in [0, 0.1) is 0 Å². The van der Waals surface area contributed by atoms with E-state index in [1.807, 2.05) is 19.1 Å². The summed E-state index contributed by atoms with van der Waals surface area (Å²) in [4.78, 5) is 14.6. The minimum Gasteiger partial charge on any atom is -0.478 e. The molecule has 0 bridgehead atoms. The van der Waals surface area contributed by atoms with Gasteiger partial charge in [0.05, 0.1) is 12.1 Å². The highest BCUT2D eigenvalue weighted by Crippen LogP contribution is 2.13. The Bertz CT molecular complexity index is 522. The number of furan rings is 1. The molecular weight excluding hydrogens is 232 g/mol. The van der Waals surface area contributed by atoms with Crippen molar-refractivity contribution in [2.24, 2.45) is 0 Å². The van der Waals surface area contributed by atoms with Crippen LogP contribution in [-0.2, 0) is 6.54 Å². The van der Waals surface area contributed by atoms with Crippen molar-refractivity contribution in [2.75, 3.05) is 0 Å². The van der Waals surface area contributed by atoms with Crippen molar-refractivity contribution in [3.63, 3.8) is 0 Å². The third-order valence-corrected chi connectivity index (χ3v) is 2.69. The van der Waals surface area contributed by atoms with E-state index in [2.05, 4.69) is 10.3 Å². The fourth-order valence-corrected chi connectivity index (χ4v) is 1.61. The molecule has 0 saturated carbocycles. The molecule has 0 unspecified atom stereocenters. The largest absolute Gasteiger partial charge is 0.478 e. The van der Waals surface area contributed by atoms with Crippen molar-refractivity contribution < 1.29 is 14.3 Å². The monoisotopic (exact) mass is 246 g/mol. The summed E-state index contributed by atoms with van der Waals surface area (Å²) >= 11 is 0.